The van der Waals surface area contributed by atoms with Crippen molar-refractivity contribution in [3.63, 3.8) is 0 Å². The fourth-order valence-corrected chi connectivity index (χ4v) is 8.72. The first-order valence-corrected chi connectivity index (χ1v) is 11.8. The number of hydrogen-bond donors (Lipinski definition) is 0. The summed E-state index contributed by atoms with van der Waals surface area (Å²) >= 11 is 0. The second-order valence-corrected chi connectivity index (χ2v) is 15.5. The molecule has 0 radical (unpaired) electrons. The molecule has 162 valence electrons. The second-order valence-electron chi connectivity index (χ2n) is 10.7. The third-order valence-corrected chi connectivity index (χ3v) is 10.4. The van der Waals surface area contributed by atoms with Crippen LogP contribution in [0.1, 0.15) is 62.3 Å². The van der Waals surface area contributed by atoms with Gasteiger partial charge in [-0.2, -0.15) is 0 Å². The lowest BCUT2D eigenvalue weighted by Gasteiger charge is -2.44. The SMILES string of the molecule is Cn1c([Si](F)(C(C)(C)C)C(C)(C)C)cc2cc(OCC(=O)OC(C)(C)C)cnc21. The lowest BCUT2D eigenvalue weighted by Crippen LogP contribution is -2.60. The molecule has 0 N–H and O–H groups in total. The zero-order valence-corrected chi connectivity index (χ0v) is 20.4. The number of rotatable bonds is 4. The van der Waals surface area contributed by atoms with Gasteiger partial charge in [0, 0.05) is 17.8 Å². The van der Waals surface area contributed by atoms with Gasteiger partial charge in [0.2, 0.25) is 0 Å². The van der Waals surface area contributed by atoms with Crippen molar-refractivity contribution < 1.29 is 18.4 Å². The zero-order chi connectivity index (χ0) is 22.4. The highest BCUT2D eigenvalue weighted by molar-refractivity contribution is 6.90. The van der Waals surface area contributed by atoms with E-state index in [-0.39, 0.29) is 6.61 Å². The summed E-state index contributed by atoms with van der Waals surface area (Å²) in [7, 11) is -1.56. The third-order valence-electron chi connectivity index (χ3n) is 5.04. The molecule has 0 aromatic carbocycles. The smallest absolute Gasteiger partial charge is 0.344 e. The average Bonchev–Trinajstić information content (AvgIpc) is 2.85. The predicted molar refractivity (Wildman–Crippen MR) is 118 cm³/mol. The molecule has 2 aromatic rings. The summed E-state index contributed by atoms with van der Waals surface area (Å²) in [6.07, 6.45) is 1.56. The van der Waals surface area contributed by atoms with Gasteiger partial charge < -0.3 is 18.1 Å². The van der Waals surface area contributed by atoms with Gasteiger partial charge in [0.05, 0.1) is 6.20 Å². The Balaban J connectivity index is 2.40. The van der Waals surface area contributed by atoms with Crippen LogP contribution in [-0.2, 0) is 16.6 Å². The predicted octanol–water partition coefficient (Wildman–Crippen LogP) is 5.02. The first kappa shape index (κ1) is 23.4. The minimum atomic E-state index is -3.43. The van der Waals surface area contributed by atoms with E-state index in [1.807, 2.05) is 80.0 Å². The highest BCUT2D eigenvalue weighted by Crippen LogP contribution is 2.51. The van der Waals surface area contributed by atoms with Gasteiger partial charge in [0.25, 0.3) is 0 Å². The summed E-state index contributed by atoms with van der Waals surface area (Å²) in [4.78, 5) is 16.4. The number of esters is 1. The molecule has 5 nitrogen and oxygen atoms in total. The normalized spacial score (nSPS) is 13.6. The summed E-state index contributed by atoms with van der Waals surface area (Å²) in [5.41, 5.74) is 0.138. The fourth-order valence-electron chi connectivity index (χ4n) is 4.02. The number of carbonyl (C=O) groups is 1. The largest absolute Gasteiger partial charge is 0.480 e. The van der Waals surface area contributed by atoms with Crippen molar-refractivity contribution in [2.45, 2.75) is 78.0 Å². The number of carbonyl (C=O) groups excluding carboxylic acids is 1. The Morgan fingerprint density at radius 1 is 1.07 bits per heavy atom. The fraction of sp³-hybridized carbons (Fsp3) is 0.636. The molecule has 0 bridgehead atoms. The Kier molecular flexibility index (Phi) is 5.98. The van der Waals surface area contributed by atoms with E-state index in [0.29, 0.717) is 16.7 Å². The number of halogens is 1. The van der Waals surface area contributed by atoms with Crippen molar-refractivity contribution in [1.82, 2.24) is 9.55 Å². The molecule has 7 heteroatoms. The van der Waals surface area contributed by atoms with Gasteiger partial charge >= 0.3 is 14.4 Å². The van der Waals surface area contributed by atoms with Crippen LogP contribution in [0.2, 0.25) is 10.1 Å². The molecule has 2 heterocycles. The zero-order valence-electron chi connectivity index (χ0n) is 19.4. The molecule has 0 aliphatic carbocycles. The molecule has 2 aromatic heterocycles. The van der Waals surface area contributed by atoms with Gasteiger partial charge in [-0.25, -0.2) is 9.78 Å². The summed E-state index contributed by atoms with van der Waals surface area (Å²) in [6.45, 7) is 17.1. The number of pyridine rings is 1. The third kappa shape index (κ3) is 4.65. The van der Waals surface area contributed by atoms with Crippen molar-refractivity contribution in [3.05, 3.63) is 18.3 Å². The van der Waals surface area contributed by atoms with Gasteiger partial charge in [-0.3, -0.25) is 0 Å². The van der Waals surface area contributed by atoms with Crippen molar-refractivity contribution in [2.75, 3.05) is 6.61 Å². The molecule has 0 unspecified atom stereocenters. The topological polar surface area (TPSA) is 53.4 Å². The molecule has 0 aliphatic heterocycles. The van der Waals surface area contributed by atoms with Gasteiger partial charge in [-0.15, -0.1) is 0 Å². The number of nitrogens with zero attached hydrogens (tertiary/aromatic N) is 2. The van der Waals surface area contributed by atoms with E-state index in [4.69, 9.17) is 9.47 Å². The van der Waals surface area contributed by atoms with E-state index in [1.54, 1.807) is 12.3 Å². The lowest BCUT2D eigenvalue weighted by atomic mass is 10.2. The monoisotopic (exact) mass is 422 g/mol. The van der Waals surface area contributed by atoms with Crippen LogP contribution >= 0.6 is 0 Å². The van der Waals surface area contributed by atoms with E-state index in [9.17, 15) is 4.79 Å². The second kappa shape index (κ2) is 7.42. The van der Waals surface area contributed by atoms with Crippen molar-refractivity contribution in [3.8, 4) is 5.75 Å². The van der Waals surface area contributed by atoms with Crippen LogP contribution in [-0.4, -0.2) is 36.1 Å². The minimum absolute atomic E-state index is 0.198. The van der Waals surface area contributed by atoms with Crippen molar-refractivity contribution in [2.24, 2.45) is 7.05 Å². The Labute approximate surface area is 174 Å². The lowest BCUT2D eigenvalue weighted by molar-refractivity contribution is -0.157. The molecular weight excluding hydrogens is 387 g/mol. The maximum atomic E-state index is 16.7. The molecule has 0 fully saturated rings. The Bertz CT molecular complexity index is 888. The van der Waals surface area contributed by atoms with Crippen LogP contribution in [0.3, 0.4) is 0 Å². The molecule has 0 amide bonds. The maximum Gasteiger partial charge on any atom is 0.344 e. The Morgan fingerprint density at radius 2 is 1.62 bits per heavy atom. The summed E-state index contributed by atoms with van der Waals surface area (Å²) < 4.78 is 29.4. The summed E-state index contributed by atoms with van der Waals surface area (Å²) in [6, 6.07) is 3.70. The van der Waals surface area contributed by atoms with Gasteiger partial charge in [0.1, 0.15) is 17.0 Å². The molecular formula is C22H35FN2O3Si. The van der Waals surface area contributed by atoms with Crippen LogP contribution in [0, 0.1) is 0 Å². The van der Waals surface area contributed by atoms with Crippen molar-refractivity contribution in [1.29, 1.82) is 0 Å². The number of ether oxygens (including phenoxy) is 2. The van der Waals surface area contributed by atoms with E-state index in [2.05, 4.69) is 4.98 Å². The number of hydrogen-bond acceptors (Lipinski definition) is 4. The van der Waals surface area contributed by atoms with Crippen LogP contribution in [0.4, 0.5) is 4.11 Å². The highest BCUT2D eigenvalue weighted by atomic mass is 28.4. The van der Waals surface area contributed by atoms with E-state index >= 15 is 4.11 Å². The molecule has 2 rings (SSSR count). The van der Waals surface area contributed by atoms with Crippen molar-refractivity contribution >= 4 is 30.7 Å². The first-order chi connectivity index (χ1) is 13.0. The maximum absolute atomic E-state index is 16.7. The number of aromatic nitrogens is 2. The van der Waals surface area contributed by atoms with Crippen LogP contribution in [0.15, 0.2) is 18.3 Å². The van der Waals surface area contributed by atoms with E-state index < -0.39 is 30.1 Å². The number of aryl methyl sites for hydroxylation is 1. The van der Waals surface area contributed by atoms with Gasteiger partial charge in [-0.05, 0) is 43.0 Å². The van der Waals surface area contributed by atoms with Gasteiger partial charge in [-0.1, -0.05) is 41.5 Å². The molecule has 0 saturated carbocycles. The molecule has 0 atom stereocenters. The molecule has 0 aliphatic rings. The summed E-state index contributed by atoms with van der Waals surface area (Å²) in [5, 5.41) is 0.545. The average molecular weight is 423 g/mol. The Hall–Kier alpha value is -1.89. The molecule has 0 saturated heterocycles. The molecule has 0 spiro atoms. The van der Waals surface area contributed by atoms with Crippen LogP contribution < -0.4 is 10.1 Å². The standard InChI is InChI=1S/C22H35FN2O3Si/c1-20(2,3)28-18(26)14-27-16-11-15-12-17(25(10)19(15)24-13-16)29(23,21(4,5)6)22(7,8)9/h11-13H,14H2,1-10H3. The summed E-state index contributed by atoms with van der Waals surface area (Å²) in [5.74, 6) is 0.0140. The Morgan fingerprint density at radius 3 is 2.10 bits per heavy atom. The quantitative estimate of drug-likeness (QED) is 0.395. The number of fused-ring (bicyclic) bond motifs is 1. The minimum Gasteiger partial charge on any atom is -0.480 e. The highest BCUT2D eigenvalue weighted by Gasteiger charge is 2.58. The van der Waals surface area contributed by atoms with Crippen LogP contribution in [0.5, 0.6) is 5.75 Å². The molecule has 29 heavy (non-hydrogen) atoms. The van der Waals surface area contributed by atoms with E-state index in [1.165, 1.54) is 0 Å². The van der Waals surface area contributed by atoms with E-state index in [0.717, 1.165) is 5.39 Å². The van der Waals surface area contributed by atoms with Crippen LogP contribution in [0.25, 0.3) is 11.0 Å². The van der Waals surface area contributed by atoms with Gasteiger partial charge in [0.15, 0.2) is 6.61 Å². The first-order valence-electron chi connectivity index (χ1n) is 9.97.